The molecule has 1 unspecified atom stereocenters. The second-order valence-electron chi connectivity index (χ2n) is 11.4. The average Bonchev–Trinajstić information content (AvgIpc) is 3.40. The van der Waals surface area contributed by atoms with Crippen LogP contribution in [0.4, 0.5) is 0 Å². The number of ether oxygens (including phenoxy) is 5. The van der Waals surface area contributed by atoms with Gasteiger partial charge in [0, 0.05) is 6.54 Å². The second-order valence-corrected chi connectivity index (χ2v) is 11.4. The van der Waals surface area contributed by atoms with Crippen molar-refractivity contribution >= 4 is 11.9 Å². The van der Waals surface area contributed by atoms with Crippen LogP contribution in [0.15, 0.2) is 24.0 Å². The summed E-state index contributed by atoms with van der Waals surface area (Å²) in [5.74, 6) is -0.260. The number of methoxy groups -OCH3 is 2. The summed E-state index contributed by atoms with van der Waals surface area (Å²) >= 11 is 0. The Morgan fingerprint density at radius 1 is 1.15 bits per heavy atom. The number of fused-ring (bicyclic) bond motifs is 4. The Kier molecular flexibility index (Phi) is 8.49. The van der Waals surface area contributed by atoms with Gasteiger partial charge in [-0.2, -0.15) is 0 Å². The predicted molar refractivity (Wildman–Crippen MR) is 141 cm³/mol. The van der Waals surface area contributed by atoms with E-state index in [1.54, 1.807) is 13.8 Å². The van der Waals surface area contributed by atoms with Gasteiger partial charge in [-0.1, -0.05) is 13.3 Å². The van der Waals surface area contributed by atoms with Crippen molar-refractivity contribution in [2.75, 3.05) is 27.6 Å². The molecule has 2 heterocycles. The highest BCUT2D eigenvalue weighted by atomic mass is 16.7. The van der Waals surface area contributed by atoms with E-state index >= 15 is 0 Å². The van der Waals surface area contributed by atoms with Crippen molar-refractivity contribution in [1.29, 1.82) is 0 Å². The Balaban J connectivity index is 1.71. The van der Waals surface area contributed by atoms with Gasteiger partial charge in [0.1, 0.15) is 5.76 Å². The van der Waals surface area contributed by atoms with Crippen LogP contribution in [0.5, 0.6) is 11.5 Å². The van der Waals surface area contributed by atoms with Gasteiger partial charge in [-0.25, -0.2) is 4.79 Å². The number of rotatable bonds is 11. The number of esters is 2. The molecule has 3 aliphatic rings. The molecule has 0 saturated heterocycles. The van der Waals surface area contributed by atoms with Gasteiger partial charge >= 0.3 is 11.9 Å². The minimum Gasteiger partial charge on any atom is -0.497 e. The fourth-order valence-electron chi connectivity index (χ4n) is 6.04. The van der Waals surface area contributed by atoms with Crippen molar-refractivity contribution in [2.45, 2.75) is 94.5 Å². The van der Waals surface area contributed by atoms with Gasteiger partial charge in [-0.3, -0.25) is 4.79 Å². The molecule has 1 aromatic carbocycles. The van der Waals surface area contributed by atoms with Gasteiger partial charge in [0.15, 0.2) is 23.2 Å². The Morgan fingerprint density at radius 3 is 2.51 bits per heavy atom. The van der Waals surface area contributed by atoms with E-state index in [0.29, 0.717) is 36.6 Å². The number of nitrogens with one attached hydrogen (secondary N) is 1. The first-order chi connectivity index (χ1) is 18.4. The van der Waals surface area contributed by atoms with Gasteiger partial charge in [0.2, 0.25) is 6.79 Å². The zero-order valence-corrected chi connectivity index (χ0v) is 23.5. The zero-order chi connectivity index (χ0) is 28.4. The van der Waals surface area contributed by atoms with Crippen LogP contribution in [0.3, 0.4) is 0 Å². The van der Waals surface area contributed by atoms with Crippen LogP contribution in [0.2, 0.25) is 0 Å². The molecule has 0 bridgehead atoms. The third-order valence-electron chi connectivity index (χ3n) is 7.91. The zero-order valence-electron chi connectivity index (χ0n) is 23.5. The highest BCUT2D eigenvalue weighted by molar-refractivity contribution is 5.86. The predicted octanol–water partition coefficient (Wildman–Crippen LogP) is 2.87. The van der Waals surface area contributed by atoms with E-state index in [1.165, 1.54) is 14.2 Å². The number of benzene rings is 1. The largest absolute Gasteiger partial charge is 0.497 e. The third-order valence-corrected chi connectivity index (χ3v) is 7.91. The number of carbonyl (C=O) groups is 2. The van der Waals surface area contributed by atoms with Gasteiger partial charge in [0.05, 0.1) is 37.7 Å². The topological polar surface area (TPSA) is 133 Å². The Hall–Kier alpha value is -2.82. The minimum absolute atomic E-state index is 0.0814. The van der Waals surface area contributed by atoms with Crippen molar-refractivity contribution in [2.24, 2.45) is 0 Å². The summed E-state index contributed by atoms with van der Waals surface area (Å²) in [7, 11) is 2.73. The summed E-state index contributed by atoms with van der Waals surface area (Å²) in [6, 6.07) is 3.94. The number of hydrogen-bond acceptors (Lipinski definition) is 10. The summed E-state index contributed by atoms with van der Waals surface area (Å²) in [5, 5.41) is 25.3. The van der Waals surface area contributed by atoms with Crippen LogP contribution < -0.4 is 14.8 Å². The minimum atomic E-state index is -2.14. The molecule has 1 aromatic rings. The number of hydrogen-bond donors (Lipinski definition) is 3. The van der Waals surface area contributed by atoms with E-state index in [-0.39, 0.29) is 19.1 Å². The number of aliphatic hydroxyl groups is 2. The number of carbonyl (C=O) groups excluding carboxylic acids is 2. The van der Waals surface area contributed by atoms with Crippen LogP contribution in [-0.2, 0) is 30.2 Å². The molecule has 4 rings (SSSR count). The smallest absolute Gasteiger partial charge is 0.339 e. The summed E-state index contributed by atoms with van der Waals surface area (Å²) in [6.45, 7) is 6.23. The molecule has 0 spiro atoms. The third kappa shape index (κ3) is 6.02. The molecule has 0 saturated carbocycles. The fourth-order valence-corrected chi connectivity index (χ4v) is 6.04. The molecule has 1 aliphatic carbocycles. The first-order valence-corrected chi connectivity index (χ1v) is 13.6. The monoisotopic (exact) mass is 547 g/mol. The summed E-state index contributed by atoms with van der Waals surface area (Å²) in [4.78, 5) is 25.9. The lowest BCUT2D eigenvalue weighted by atomic mass is 9.76. The standard InChI is InChI=1S/C29H41NO9/c1-6-9-28-15-22(35-4)25(24(28)19-14-21-20(37-17-38-21)13-18(19)8-12-30-28)39-26(32)29(34,16-23(31)36-5)11-7-10-27(2,3)33/h13-15,24-25,30,33-34H,6-12,16-17H2,1-5H3/t24-,25-,28+,29?/m1/s1. The van der Waals surface area contributed by atoms with Crippen molar-refractivity contribution in [3.63, 3.8) is 0 Å². The van der Waals surface area contributed by atoms with E-state index in [1.807, 2.05) is 18.2 Å². The molecular weight excluding hydrogens is 506 g/mol. The highest BCUT2D eigenvalue weighted by Crippen LogP contribution is 2.51. The molecular formula is C29H41NO9. The molecule has 0 amide bonds. The molecule has 3 N–H and O–H groups in total. The Morgan fingerprint density at radius 2 is 1.87 bits per heavy atom. The second kappa shape index (κ2) is 11.3. The van der Waals surface area contributed by atoms with Crippen LogP contribution in [0, 0.1) is 0 Å². The van der Waals surface area contributed by atoms with Crippen molar-refractivity contribution < 1.29 is 43.5 Å². The first-order valence-electron chi connectivity index (χ1n) is 13.6. The molecule has 0 aromatic heterocycles. The molecule has 0 radical (unpaired) electrons. The SMILES string of the molecule is CCC[C@]12C=C(OC)[C@@H](OC(=O)C(O)(CCCC(C)(C)O)CC(=O)OC)[C@H]1c1cc3c(cc1CCN2)OCO3. The normalized spacial score (nSPS) is 25.1. The molecule has 10 heteroatoms. The average molecular weight is 548 g/mol. The van der Waals surface area contributed by atoms with Gasteiger partial charge < -0.3 is 39.2 Å². The maximum Gasteiger partial charge on any atom is 0.339 e. The van der Waals surface area contributed by atoms with Gasteiger partial charge in [0.25, 0.3) is 0 Å². The quantitative estimate of drug-likeness (QED) is 0.355. The summed E-state index contributed by atoms with van der Waals surface area (Å²) in [6.07, 6.45) is 3.46. The van der Waals surface area contributed by atoms with Crippen LogP contribution in [0.25, 0.3) is 0 Å². The van der Waals surface area contributed by atoms with Crippen molar-refractivity contribution in [3.8, 4) is 11.5 Å². The van der Waals surface area contributed by atoms with E-state index < -0.39 is 41.2 Å². The van der Waals surface area contributed by atoms with E-state index in [4.69, 9.17) is 23.7 Å². The lowest BCUT2D eigenvalue weighted by Crippen LogP contribution is -2.50. The van der Waals surface area contributed by atoms with Gasteiger partial charge in [-0.15, -0.1) is 0 Å². The van der Waals surface area contributed by atoms with Crippen LogP contribution >= 0.6 is 0 Å². The summed E-state index contributed by atoms with van der Waals surface area (Å²) < 4.78 is 27.9. The molecule has 216 valence electrons. The summed E-state index contributed by atoms with van der Waals surface area (Å²) in [5.41, 5.74) is -1.68. The maximum absolute atomic E-state index is 13.7. The van der Waals surface area contributed by atoms with Crippen molar-refractivity contribution in [3.05, 3.63) is 35.1 Å². The first kappa shape index (κ1) is 29.2. The lowest BCUT2D eigenvalue weighted by molar-refractivity contribution is -0.178. The maximum atomic E-state index is 13.7. The molecule has 2 aliphatic heterocycles. The molecule has 39 heavy (non-hydrogen) atoms. The fraction of sp³-hybridized carbons (Fsp3) is 0.655. The molecule has 4 atom stereocenters. The van der Waals surface area contributed by atoms with Crippen LogP contribution in [-0.4, -0.2) is 72.6 Å². The van der Waals surface area contributed by atoms with Gasteiger partial charge in [-0.05, 0) is 75.3 Å². The van der Waals surface area contributed by atoms with Crippen LogP contribution in [0.1, 0.15) is 76.3 Å². The Bertz CT molecular complexity index is 1110. The highest BCUT2D eigenvalue weighted by Gasteiger charge is 2.54. The van der Waals surface area contributed by atoms with E-state index in [0.717, 1.165) is 30.4 Å². The van der Waals surface area contributed by atoms with E-state index in [2.05, 4.69) is 12.2 Å². The lowest BCUT2D eigenvalue weighted by Gasteiger charge is -2.37. The van der Waals surface area contributed by atoms with Crippen molar-refractivity contribution in [1.82, 2.24) is 5.32 Å². The Labute approximate surface area is 229 Å². The molecule has 0 fully saturated rings. The van der Waals surface area contributed by atoms with E-state index in [9.17, 15) is 19.8 Å². The molecule has 10 nitrogen and oxygen atoms in total.